The zero-order valence-corrected chi connectivity index (χ0v) is 15.9. The molecule has 6 heteroatoms. The molecular weight excluding hydrogens is 352 g/mol. The van der Waals surface area contributed by atoms with Crippen LogP contribution in [0.3, 0.4) is 0 Å². The third kappa shape index (κ3) is 3.83. The number of pyridine rings is 1. The Balaban J connectivity index is 1.45. The minimum Gasteiger partial charge on any atom is -0.298 e. The van der Waals surface area contributed by atoms with Crippen LogP contribution in [-0.4, -0.2) is 38.7 Å². The third-order valence-electron chi connectivity index (χ3n) is 5.38. The zero-order valence-electron chi connectivity index (χ0n) is 15.9. The molecule has 0 bridgehead atoms. The average Bonchev–Trinajstić information content (AvgIpc) is 3.05. The van der Waals surface area contributed by atoms with E-state index < -0.39 is 5.91 Å². The minimum absolute atomic E-state index is 0.525. The van der Waals surface area contributed by atoms with Crippen molar-refractivity contribution in [1.82, 2.24) is 20.0 Å². The summed E-state index contributed by atoms with van der Waals surface area (Å²) in [5.74, 6) is -0.525. The fourth-order valence-electron chi connectivity index (χ4n) is 3.89. The van der Waals surface area contributed by atoms with Gasteiger partial charge in [-0.05, 0) is 54.7 Å². The van der Waals surface area contributed by atoms with Gasteiger partial charge in [0, 0.05) is 37.5 Å². The average molecular weight is 376 g/mol. The highest BCUT2D eigenvalue weighted by atomic mass is 16.5. The zero-order chi connectivity index (χ0) is 19.5. The molecule has 0 aliphatic carbocycles. The van der Waals surface area contributed by atoms with Gasteiger partial charge >= 0.3 is 0 Å². The molecule has 1 amide bonds. The quantitative estimate of drug-likeness (QED) is 0.408. The van der Waals surface area contributed by atoms with E-state index in [4.69, 9.17) is 5.21 Å². The van der Waals surface area contributed by atoms with E-state index in [9.17, 15) is 4.79 Å². The second-order valence-corrected chi connectivity index (χ2v) is 7.21. The lowest BCUT2D eigenvalue weighted by molar-refractivity contribution is -0.124. The summed E-state index contributed by atoms with van der Waals surface area (Å²) in [5.41, 5.74) is 8.84. The minimum atomic E-state index is -0.525. The number of rotatable bonds is 5. The summed E-state index contributed by atoms with van der Waals surface area (Å²) in [6, 6.07) is 12.5. The monoisotopic (exact) mass is 376 g/mol. The van der Waals surface area contributed by atoms with Crippen molar-refractivity contribution in [3.63, 3.8) is 0 Å². The Morgan fingerprint density at radius 1 is 1.29 bits per heavy atom. The molecule has 2 N–H and O–H groups in total. The van der Waals surface area contributed by atoms with Gasteiger partial charge in [0.25, 0.3) is 5.91 Å². The smallest absolute Gasteiger partial charge is 0.267 e. The van der Waals surface area contributed by atoms with Crippen LogP contribution in [0.4, 0.5) is 0 Å². The molecule has 144 valence electrons. The molecular formula is C22H24N4O2. The number of benzene rings is 1. The summed E-state index contributed by atoms with van der Waals surface area (Å²) in [5, 5.41) is 13.2. The summed E-state index contributed by atoms with van der Waals surface area (Å²) in [6.45, 7) is 5.02. The Morgan fingerprint density at radius 3 is 3.04 bits per heavy atom. The van der Waals surface area contributed by atoms with Crippen molar-refractivity contribution in [3.05, 3.63) is 76.6 Å². The van der Waals surface area contributed by atoms with E-state index in [1.54, 1.807) is 11.6 Å². The molecule has 0 saturated heterocycles. The van der Waals surface area contributed by atoms with E-state index >= 15 is 0 Å². The van der Waals surface area contributed by atoms with Crippen molar-refractivity contribution in [1.29, 1.82) is 0 Å². The number of nitrogens with zero attached hydrogens (tertiary/aromatic N) is 3. The van der Waals surface area contributed by atoms with E-state index in [2.05, 4.69) is 41.2 Å². The van der Waals surface area contributed by atoms with Gasteiger partial charge in [-0.15, -0.1) is 0 Å². The molecule has 0 fully saturated rings. The Morgan fingerprint density at radius 2 is 2.18 bits per heavy atom. The largest absolute Gasteiger partial charge is 0.298 e. The number of aromatic nitrogens is 2. The van der Waals surface area contributed by atoms with Gasteiger partial charge < -0.3 is 0 Å². The maximum atomic E-state index is 11.2. The number of carbonyl (C=O) groups excluding carboxylic acids is 1. The summed E-state index contributed by atoms with van der Waals surface area (Å²) < 4.78 is 1.96. The normalized spacial score (nSPS) is 14.5. The van der Waals surface area contributed by atoms with E-state index in [0.29, 0.717) is 0 Å². The van der Waals surface area contributed by atoms with Gasteiger partial charge in [-0.2, -0.15) is 5.10 Å². The van der Waals surface area contributed by atoms with Crippen molar-refractivity contribution in [3.8, 4) is 0 Å². The Kier molecular flexibility index (Phi) is 5.23. The predicted molar refractivity (Wildman–Crippen MR) is 108 cm³/mol. The number of aryl methyl sites for hydroxylation is 1. The van der Waals surface area contributed by atoms with Crippen LogP contribution in [0.5, 0.6) is 0 Å². The molecule has 2 aromatic heterocycles. The summed E-state index contributed by atoms with van der Waals surface area (Å²) in [6.07, 6.45) is 7.05. The van der Waals surface area contributed by atoms with Gasteiger partial charge in [-0.1, -0.05) is 24.3 Å². The Labute approximate surface area is 164 Å². The van der Waals surface area contributed by atoms with Crippen LogP contribution >= 0.6 is 0 Å². The first-order valence-corrected chi connectivity index (χ1v) is 9.53. The molecule has 0 radical (unpaired) electrons. The molecule has 6 nitrogen and oxygen atoms in total. The lowest BCUT2D eigenvalue weighted by atomic mass is 9.97. The van der Waals surface area contributed by atoms with Crippen molar-refractivity contribution >= 4 is 17.5 Å². The number of carbonyl (C=O) groups is 1. The van der Waals surface area contributed by atoms with Crippen LogP contribution in [-0.2, 0) is 24.2 Å². The highest BCUT2D eigenvalue weighted by Crippen LogP contribution is 2.22. The molecule has 4 rings (SSSR count). The third-order valence-corrected chi connectivity index (χ3v) is 5.38. The van der Waals surface area contributed by atoms with Crippen LogP contribution in [0.2, 0.25) is 0 Å². The van der Waals surface area contributed by atoms with Crippen molar-refractivity contribution in [2.24, 2.45) is 0 Å². The maximum Gasteiger partial charge on any atom is 0.267 e. The summed E-state index contributed by atoms with van der Waals surface area (Å²) in [4.78, 5) is 13.7. The lowest BCUT2D eigenvalue weighted by Gasteiger charge is -2.29. The number of nitrogens with one attached hydrogen (secondary N) is 1. The number of amides is 1. The fourth-order valence-corrected chi connectivity index (χ4v) is 3.89. The van der Waals surface area contributed by atoms with Gasteiger partial charge in [-0.3, -0.25) is 14.9 Å². The molecule has 0 atom stereocenters. The lowest BCUT2D eigenvalue weighted by Crippen LogP contribution is -2.32. The fraction of sp³-hybridized carbons (Fsp3) is 0.273. The summed E-state index contributed by atoms with van der Waals surface area (Å²) >= 11 is 0. The highest BCUT2D eigenvalue weighted by molar-refractivity contribution is 5.90. The first-order valence-electron chi connectivity index (χ1n) is 9.53. The molecule has 1 aliphatic rings. The molecule has 1 aromatic carbocycles. The SMILES string of the molecule is Cc1nn2ccccc2c1CCN1CCc2ccc(C=CC(=O)NO)cc2C1. The van der Waals surface area contributed by atoms with Crippen molar-refractivity contribution in [2.75, 3.05) is 13.1 Å². The molecule has 1 aliphatic heterocycles. The predicted octanol–water partition coefficient (Wildman–Crippen LogP) is 2.76. The van der Waals surface area contributed by atoms with Gasteiger partial charge in [0.05, 0.1) is 11.2 Å². The maximum absolute atomic E-state index is 11.2. The van der Waals surface area contributed by atoms with Crippen LogP contribution in [0, 0.1) is 6.92 Å². The van der Waals surface area contributed by atoms with Crippen LogP contribution < -0.4 is 5.48 Å². The first-order chi connectivity index (χ1) is 13.6. The second kappa shape index (κ2) is 7.96. The van der Waals surface area contributed by atoms with E-state index in [-0.39, 0.29) is 0 Å². The van der Waals surface area contributed by atoms with Gasteiger partial charge in [-0.25, -0.2) is 10.00 Å². The standard InChI is InChI=1S/C22H24N4O2/c1-16-20(21-4-2-3-11-26(21)23-16)10-13-25-12-9-18-7-5-17(14-19(18)15-25)6-8-22(27)24-28/h2-8,11,14,28H,9-10,12-13,15H2,1H3,(H,24,27). The Bertz CT molecular complexity index is 1040. The van der Waals surface area contributed by atoms with E-state index in [1.165, 1.54) is 28.3 Å². The number of hydrogen-bond acceptors (Lipinski definition) is 4. The van der Waals surface area contributed by atoms with Gasteiger partial charge in [0.15, 0.2) is 0 Å². The van der Waals surface area contributed by atoms with Crippen LogP contribution in [0.1, 0.15) is 27.9 Å². The molecule has 28 heavy (non-hydrogen) atoms. The van der Waals surface area contributed by atoms with Crippen LogP contribution in [0.25, 0.3) is 11.6 Å². The molecule has 3 aromatic rings. The molecule has 0 spiro atoms. The van der Waals surface area contributed by atoms with Crippen LogP contribution in [0.15, 0.2) is 48.7 Å². The number of hydrogen-bond donors (Lipinski definition) is 2. The highest BCUT2D eigenvalue weighted by Gasteiger charge is 2.17. The van der Waals surface area contributed by atoms with Gasteiger partial charge in [0.1, 0.15) is 0 Å². The Hall–Kier alpha value is -2.96. The number of hydroxylamine groups is 1. The van der Waals surface area contributed by atoms with E-state index in [1.807, 2.05) is 22.8 Å². The topological polar surface area (TPSA) is 69.9 Å². The van der Waals surface area contributed by atoms with E-state index in [0.717, 1.165) is 43.7 Å². The second-order valence-electron chi connectivity index (χ2n) is 7.21. The molecule has 0 saturated carbocycles. The number of fused-ring (bicyclic) bond motifs is 2. The van der Waals surface area contributed by atoms with Gasteiger partial charge in [0.2, 0.25) is 0 Å². The molecule has 3 heterocycles. The van der Waals surface area contributed by atoms with Crippen molar-refractivity contribution < 1.29 is 10.0 Å². The van der Waals surface area contributed by atoms with Crippen molar-refractivity contribution in [2.45, 2.75) is 26.3 Å². The molecule has 0 unspecified atom stereocenters. The first kappa shape index (κ1) is 18.4. The summed E-state index contributed by atoms with van der Waals surface area (Å²) in [7, 11) is 0.